The molecule has 0 aliphatic heterocycles. The van der Waals surface area contributed by atoms with Gasteiger partial charge in [-0.25, -0.2) is 17.5 Å². The quantitative estimate of drug-likeness (QED) is 0.826. The molecule has 1 aromatic rings. The average Bonchev–Trinajstić information content (AvgIpc) is 2.54. The second-order valence-corrected chi connectivity index (χ2v) is 7.38. The highest BCUT2D eigenvalue weighted by atomic mass is 32.2. The Morgan fingerprint density at radius 1 is 0.917 bits per heavy atom. The zero-order valence-electron chi connectivity index (χ0n) is 13.6. The highest BCUT2D eigenvalue weighted by molar-refractivity contribution is 7.89. The van der Waals surface area contributed by atoms with Crippen LogP contribution >= 0.6 is 0 Å². The van der Waals surface area contributed by atoms with Gasteiger partial charge in [-0.05, 0) is 51.5 Å². The summed E-state index contributed by atoms with van der Waals surface area (Å²) in [7, 11) is -3.80. The summed E-state index contributed by atoms with van der Waals surface area (Å²) in [5.74, 6) is -0.951. The standard InChI is InChI=1S/C17H18FNO4S/c1-10-11(2)17(21)15(12(3)16(10)20)8-9-19-24(22,23)14-6-4-13(18)5-7-14/h4-7,19H,8-9H2,1-3H3. The van der Waals surface area contributed by atoms with Crippen LogP contribution in [0.1, 0.15) is 27.2 Å². The Bertz CT molecular complexity index is 864. The molecule has 0 aromatic heterocycles. The SMILES string of the molecule is CC1=C(C)C(=O)C(CCNS(=O)(=O)c2ccc(F)cc2)=C(C)C1=O. The molecule has 0 fully saturated rings. The van der Waals surface area contributed by atoms with Crippen LogP contribution in [0.5, 0.6) is 0 Å². The van der Waals surface area contributed by atoms with Gasteiger partial charge in [-0.15, -0.1) is 0 Å². The summed E-state index contributed by atoms with van der Waals surface area (Å²) in [6.07, 6.45) is 0.113. The highest BCUT2D eigenvalue weighted by Gasteiger charge is 2.27. The number of hydrogen-bond acceptors (Lipinski definition) is 4. The van der Waals surface area contributed by atoms with Crippen LogP contribution in [0.3, 0.4) is 0 Å². The van der Waals surface area contributed by atoms with Crippen LogP contribution in [0, 0.1) is 5.82 Å². The lowest BCUT2D eigenvalue weighted by atomic mass is 9.85. The molecule has 1 aliphatic carbocycles. The maximum Gasteiger partial charge on any atom is 0.240 e. The molecule has 7 heteroatoms. The first-order valence-corrected chi connectivity index (χ1v) is 8.85. The second kappa shape index (κ2) is 6.78. The first-order valence-electron chi connectivity index (χ1n) is 7.37. The van der Waals surface area contributed by atoms with Crippen molar-refractivity contribution in [2.75, 3.05) is 6.54 Å². The molecular weight excluding hydrogens is 333 g/mol. The van der Waals surface area contributed by atoms with E-state index in [1.807, 2.05) is 0 Å². The van der Waals surface area contributed by atoms with Crippen LogP contribution in [0.15, 0.2) is 51.5 Å². The van der Waals surface area contributed by atoms with Crippen LogP contribution < -0.4 is 4.72 Å². The van der Waals surface area contributed by atoms with Crippen molar-refractivity contribution in [3.8, 4) is 0 Å². The van der Waals surface area contributed by atoms with E-state index in [2.05, 4.69) is 4.72 Å². The number of hydrogen-bond donors (Lipinski definition) is 1. The van der Waals surface area contributed by atoms with Gasteiger partial charge in [-0.2, -0.15) is 0 Å². The fraction of sp³-hybridized carbons (Fsp3) is 0.294. The molecule has 0 atom stereocenters. The molecule has 0 bridgehead atoms. The van der Waals surface area contributed by atoms with Crippen molar-refractivity contribution < 1.29 is 22.4 Å². The van der Waals surface area contributed by atoms with E-state index in [1.54, 1.807) is 20.8 Å². The first kappa shape index (κ1) is 18.2. The van der Waals surface area contributed by atoms with Crippen molar-refractivity contribution in [3.63, 3.8) is 0 Å². The fourth-order valence-corrected chi connectivity index (χ4v) is 3.50. The van der Waals surface area contributed by atoms with E-state index in [4.69, 9.17) is 0 Å². The Balaban J connectivity index is 2.10. The minimum absolute atomic E-state index is 0.0300. The molecule has 5 nitrogen and oxygen atoms in total. The van der Waals surface area contributed by atoms with Crippen molar-refractivity contribution >= 4 is 21.6 Å². The Labute approximate surface area is 140 Å². The van der Waals surface area contributed by atoms with Crippen LogP contribution in [0.25, 0.3) is 0 Å². The lowest BCUT2D eigenvalue weighted by molar-refractivity contribution is -0.116. The normalized spacial score (nSPS) is 16.2. The fourth-order valence-electron chi connectivity index (χ4n) is 2.46. The maximum absolute atomic E-state index is 12.9. The summed E-state index contributed by atoms with van der Waals surface area (Å²) in [6, 6.07) is 4.43. The molecule has 1 aromatic carbocycles. The van der Waals surface area contributed by atoms with E-state index in [1.165, 1.54) is 0 Å². The first-order chi connectivity index (χ1) is 11.1. The predicted octanol–water partition coefficient (Wildman–Crippen LogP) is 2.30. The summed E-state index contributed by atoms with van der Waals surface area (Å²) in [6.45, 7) is 4.73. The van der Waals surface area contributed by atoms with Crippen molar-refractivity contribution in [3.05, 3.63) is 52.4 Å². The molecule has 0 saturated carbocycles. The third-order valence-corrected chi connectivity index (χ3v) is 5.58. The molecule has 128 valence electrons. The number of rotatable bonds is 5. The van der Waals surface area contributed by atoms with E-state index < -0.39 is 15.8 Å². The van der Waals surface area contributed by atoms with Gasteiger partial charge in [0.15, 0.2) is 11.6 Å². The summed E-state index contributed by atoms with van der Waals surface area (Å²) in [4.78, 5) is 24.3. The minimum Gasteiger partial charge on any atom is -0.289 e. The molecule has 0 saturated heterocycles. The predicted molar refractivity (Wildman–Crippen MR) is 87.3 cm³/mol. The lowest BCUT2D eigenvalue weighted by Crippen LogP contribution is -2.28. The third-order valence-electron chi connectivity index (χ3n) is 4.10. The third kappa shape index (κ3) is 3.52. The molecule has 0 heterocycles. The Hall–Kier alpha value is -2.12. The van der Waals surface area contributed by atoms with Crippen molar-refractivity contribution in [1.82, 2.24) is 4.72 Å². The van der Waals surface area contributed by atoms with Gasteiger partial charge >= 0.3 is 0 Å². The number of carbonyl (C=O) groups is 2. The van der Waals surface area contributed by atoms with Crippen LogP contribution in [-0.4, -0.2) is 26.5 Å². The molecule has 0 spiro atoms. The number of carbonyl (C=O) groups excluding carboxylic acids is 2. The van der Waals surface area contributed by atoms with Gasteiger partial charge in [0.25, 0.3) is 0 Å². The lowest BCUT2D eigenvalue weighted by Gasteiger charge is -2.18. The number of Topliss-reactive ketones (excluding diaryl/α,β-unsaturated/α-hetero) is 2. The van der Waals surface area contributed by atoms with Gasteiger partial charge in [0, 0.05) is 28.8 Å². The van der Waals surface area contributed by atoms with Gasteiger partial charge in [-0.1, -0.05) is 0 Å². The Kier molecular flexibility index (Phi) is 5.15. The van der Waals surface area contributed by atoms with E-state index in [0.717, 1.165) is 24.3 Å². The smallest absolute Gasteiger partial charge is 0.240 e. The van der Waals surface area contributed by atoms with Crippen molar-refractivity contribution in [2.45, 2.75) is 32.1 Å². The number of halogens is 1. The summed E-state index contributed by atoms with van der Waals surface area (Å²) < 4.78 is 39.5. The molecule has 0 radical (unpaired) electrons. The molecule has 2 rings (SSSR count). The van der Waals surface area contributed by atoms with Gasteiger partial charge in [0.05, 0.1) is 4.90 Å². The summed E-state index contributed by atoms with van der Waals surface area (Å²) >= 11 is 0. The van der Waals surface area contributed by atoms with Crippen LogP contribution in [-0.2, 0) is 19.6 Å². The maximum atomic E-state index is 12.9. The number of sulfonamides is 1. The van der Waals surface area contributed by atoms with Gasteiger partial charge < -0.3 is 0 Å². The van der Waals surface area contributed by atoms with E-state index in [9.17, 15) is 22.4 Å². The van der Waals surface area contributed by atoms with Gasteiger partial charge in [0.1, 0.15) is 5.82 Å². The summed E-state index contributed by atoms with van der Waals surface area (Å²) in [5, 5.41) is 0. The van der Waals surface area contributed by atoms with Crippen LogP contribution in [0.2, 0.25) is 0 Å². The minimum atomic E-state index is -3.80. The highest BCUT2D eigenvalue weighted by Crippen LogP contribution is 2.25. The topological polar surface area (TPSA) is 80.3 Å². The van der Waals surface area contributed by atoms with E-state index in [0.29, 0.717) is 22.3 Å². The number of nitrogens with one attached hydrogen (secondary N) is 1. The molecule has 1 N–H and O–H groups in total. The molecule has 0 unspecified atom stereocenters. The number of ketones is 2. The molecule has 0 amide bonds. The summed E-state index contributed by atoms with van der Waals surface area (Å²) in [5.41, 5.74) is 1.49. The Morgan fingerprint density at radius 2 is 1.46 bits per heavy atom. The van der Waals surface area contributed by atoms with E-state index in [-0.39, 0.29) is 29.4 Å². The monoisotopic (exact) mass is 351 g/mol. The number of allylic oxidation sites excluding steroid dienone is 3. The van der Waals surface area contributed by atoms with Gasteiger partial charge in [-0.3, -0.25) is 9.59 Å². The number of benzene rings is 1. The van der Waals surface area contributed by atoms with Gasteiger partial charge in [0.2, 0.25) is 10.0 Å². The zero-order valence-corrected chi connectivity index (χ0v) is 14.5. The Morgan fingerprint density at radius 3 is 2.04 bits per heavy atom. The van der Waals surface area contributed by atoms with E-state index >= 15 is 0 Å². The molecule has 1 aliphatic rings. The zero-order chi connectivity index (χ0) is 18.1. The largest absolute Gasteiger partial charge is 0.289 e. The van der Waals surface area contributed by atoms with Crippen LogP contribution in [0.4, 0.5) is 4.39 Å². The average molecular weight is 351 g/mol. The molecular formula is C17H18FNO4S. The van der Waals surface area contributed by atoms with Crippen molar-refractivity contribution in [2.24, 2.45) is 0 Å². The second-order valence-electron chi connectivity index (χ2n) is 5.61. The molecule has 24 heavy (non-hydrogen) atoms. The van der Waals surface area contributed by atoms with Crippen molar-refractivity contribution in [1.29, 1.82) is 0 Å².